The summed E-state index contributed by atoms with van der Waals surface area (Å²) >= 11 is 0. The van der Waals surface area contributed by atoms with Crippen LogP contribution >= 0.6 is 0 Å². The van der Waals surface area contributed by atoms with Crippen LogP contribution in [0.1, 0.15) is 25.7 Å². The van der Waals surface area contributed by atoms with Gasteiger partial charge in [-0.1, -0.05) is 0 Å². The molecule has 1 N–H and O–H groups in total. The largest absolute Gasteiger partial charge is 0.405 e. The summed E-state index contributed by atoms with van der Waals surface area (Å²) in [4.78, 5) is 0. The van der Waals surface area contributed by atoms with Crippen LogP contribution in [-0.2, 0) is 0 Å². The molecule has 2 fully saturated rings. The van der Waals surface area contributed by atoms with E-state index in [4.69, 9.17) is 5.26 Å². The summed E-state index contributed by atoms with van der Waals surface area (Å²) in [6, 6.07) is 1.55. The minimum Gasteiger partial charge on any atom is -0.312 e. The first-order valence-corrected chi connectivity index (χ1v) is 5.72. The smallest absolute Gasteiger partial charge is 0.312 e. The van der Waals surface area contributed by atoms with Crippen LogP contribution in [0.25, 0.3) is 0 Å². The van der Waals surface area contributed by atoms with Gasteiger partial charge in [-0.05, 0) is 37.5 Å². The third kappa shape index (κ3) is 2.88. The first kappa shape index (κ1) is 11.7. The van der Waals surface area contributed by atoms with Crippen LogP contribution < -0.4 is 5.32 Å². The number of nitriles is 1. The van der Waals surface area contributed by atoms with E-state index in [-0.39, 0.29) is 12.6 Å². The summed E-state index contributed by atoms with van der Waals surface area (Å²) < 4.78 is 37.0. The van der Waals surface area contributed by atoms with Crippen molar-refractivity contribution >= 4 is 0 Å². The first-order valence-electron chi connectivity index (χ1n) is 5.72. The summed E-state index contributed by atoms with van der Waals surface area (Å²) in [5, 5.41) is 11.4. The molecule has 0 aromatic carbocycles. The van der Waals surface area contributed by atoms with Gasteiger partial charge < -0.3 is 5.32 Å². The highest BCUT2D eigenvalue weighted by atomic mass is 19.4. The van der Waals surface area contributed by atoms with Crippen molar-refractivity contribution in [1.29, 1.82) is 5.26 Å². The van der Waals surface area contributed by atoms with E-state index >= 15 is 0 Å². The third-order valence-corrected chi connectivity index (χ3v) is 3.37. The lowest BCUT2D eigenvalue weighted by Crippen LogP contribution is -2.40. The topological polar surface area (TPSA) is 35.8 Å². The Morgan fingerprint density at radius 1 is 1.19 bits per heavy atom. The zero-order valence-corrected chi connectivity index (χ0v) is 8.93. The molecule has 0 aliphatic heterocycles. The molecule has 0 saturated heterocycles. The molecular weight excluding hydrogens is 217 g/mol. The first-order chi connectivity index (χ1) is 7.52. The van der Waals surface area contributed by atoms with Crippen LogP contribution in [-0.4, -0.2) is 18.8 Å². The van der Waals surface area contributed by atoms with Gasteiger partial charge in [-0.3, -0.25) is 0 Å². The van der Waals surface area contributed by atoms with Crippen LogP contribution in [0.4, 0.5) is 13.2 Å². The Kier molecular flexibility index (Phi) is 3.11. The van der Waals surface area contributed by atoms with Crippen molar-refractivity contribution in [2.24, 2.45) is 17.8 Å². The number of halogens is 3. The molecule has 0 radical (unpaired) electrons. The van der Waals surface area contributed by atoms with Gasteiger partial charge in [0.05, 0.1) is 6.07 Å². The molecule has 5 heteroatoms. The van der Waals surface area contributed by atoms with E-state index < -0.39 is 12.1 Å². The maximum absolute atomic E-state index is 12.3. The minimum absolute atomic E-state index is 0.221. The molecular formula is C11H15F3N2. The second-order valence-corrected chi connectivity index (χ2v) is 4.83. The Morgan fingerprint density at radius 2 is 1.69 bits per heavy atom. The molecule has 2 rings (SSSR count). The average molecular weight is 232 g/mol. The van der Waals surface area contributed by atoms with Crippen molar-refractivity contribution in [2.45, 2.75) is 37.9 Å². The molecule has 90 valence electrons. The molecule has 1 atom stereocenters. The summed E-state index contributed by atoms with van der Waals surface area (Å²) in [5.41, 5.74) is 0. The average Bonchev–Trinajstić information content (AvgIpc) is 2.99. The normalized spacial score (nSPS) is 23.2. The predicted molar refractivity (Wildman–Crippen MR) is 52.4 cm³/mol. The van der Waals surface area contributed by atoms with Crippen LogP contribution in [0.2, 0.25) is 0 Å². The number of alkyl halides is 3. The quantitative estimate of drug-likeness (QED) is 0.790. The third-order valence-electron chi connectivity index (χ3n) is 3.37. The summed E-state index contributed by atoms with van der Waals surface area (Å²) in [5.74, 6) is -0.757. The number of hydrogen-bond acceptors (Lipinski definition) is 2. The fourth-order valence-electron chi connectivity index (χ4n) is 2.12. The van der Waals surface area contributed by atoms with Gasteiger partial charge in [-0.15, -0.1) is 0 Å². The summed E-state index contributed by atoms with van der Waals surface area (Å²) in [6.45, 7) is -0.252. The van der Waals surface area contributed by atoms with Gasteiger partial charge in [0.2, 0.25) is 0 Å². The Bertz CT molecular complexity index is 275. The molecule has 0 spiro atoms. The van der Waals surface area contributed by atoms with Crippen LogP contribution in [0, 0.1) is 29.1 Å². The maximum atomic E-state index is 12.3. The monoisotopic (exact) mass is 232 g/mol. The Balaban J connectivity index is 1.82. The number of nitrogens with zero attached hydrogens (tertiary/aromatic N) is 1. The highest BCUT2D eigenvalue weighted by molar-refractivity contribution is 4.98. The molecule has 2 aliphatic carbocycles. The zero-order valence-electron chi connectivity index (χ0n) is 8.93. The van der Waals surface area contributed by atoms with Crippen molar-refractivity contribution in [1.82, 2.24) is 5.32 Å². The van der Waals surface area contributed by atoms with Crippen LogP contribution in [0.5, 0.6) is 0 Å². The van der Waals surface area contributed by atoms with E-state index in [1.165, 1.54) is 6.07 Å². The van der Waals surface area contributed by atoms with Crippen molar-refractivity contribution < 1.29 is 13.2 Å². The van der Waals surface area contributed by atoms with E-state index in [0.29, 0.717) is 11.8 Å². The number of hydrogen-bond donors (Lipinski definition) is 1. The molecule has 2 aliphatic rings. The van der Waals surface area contributed by atoms with Crippen molar-refractivity contribution in [3.63, 3.8) is 0 Å². The maximum Gasteiger partial charge on any atom is 0.405 e. The SMILES string of the molecule is N#CC(CNC(C1CC1)C1CC1)C(F)(F)F. The van der Waals surface area contributed by atoms with Gasteiger partial charge in [0.1, 0.15) is 0 Å². The molecule has 16 heavy (non-hydrogen) atoms. The molecule has 2 saturated carbocycles. The number of rotatable bonds is 5. The minimum atomic E-state index is -4.40. The van der Waals surface area contributed by atoms with Gasteiger partial charge in [0.25, 0.3) is 0 Å². The lowest BCUT2D eigenvalue weighted by molar-refractivity contribution is -0.158. The molecule has 0 aromatic rings. The fourth-order valence-corrected chi connectivity index (χ4v) is 2.12. The standard InChI is InChI=1S/C11H15F3N2/c12-11(13,14)9(5-15)6-16-10(7-1-2-7)8-3-4-8/h7-10,16H,1-4,6H2. The Hall–Kier alpha value is -0.760. The molecule has 0 amide bonds. The van der Waals surface area contributed by atoms with E-state index in [1.807, 2.05) is 0 Å². The van der Waals surface area contributed by atoms with Crippen molar-refractivity contribution in [3.05, 3.63) is 0 Å². The summed E-state index contributed by atoms with van der Waals surface area (Å²) in [6.07, 6.45) is 0.0863. The summed E-state index contributed by atoms with van der Waals surface area (Å²) in [7, 11) is 0. The van der Waals surface area contributed by atoms with Gasteiger partial charge >= 0.3 is 6.18 Å². The fraction of sp³-hybridized carbons (Fsp3) is 0.909. The van der Waals surface area contributed by atoms with E-state index in [1.54, 1.807) is 0 Å². The van der Waals surface area contributed by atoms with Crippen LogP contribution in [0.3, 0.4) is 0 Å². The van der Waals surface area contributed by atoms with Gasteiger partial charge in [-0.25, -0.2) is 0 Å². The van der Waals surface area contributed by atoms with Gasteiger partial charge in [0.15, 0.2) is 5.92 Å². The highest BCUT2D eigenvalue weighted by Crippen LogP contribution is 2.44. The number of nitrogens with one attached hydrogen (secondary N) is 1. The molecule has 0 bridgehead atoms. The molecule has 0 heterocycles. The predicted octanol–water partition coefficient (Wildman–Crippen LogP) is 2.47. The van der Waals surface area contributed by atoms with Gasteiger partial charge in [-0.2, -0.15) is 18.4 Å². The zero-order chi connectivity index (χ0) is 11.8. The Morgan fingerprint density at radius 3 is 2.00 bits per heavy atom. The highest BCUT2D eigenvalue weighted by Gasteiger charge is 2.44. The van der Waals surface area contributed by atoms with E-state index in [9.17, 15) is 13.2 Å². The lowest BCUT2D eigenvalue weighted by Gasteiger charge is -2.20. The molecule has 0 aromatic heterocycles. The van der Waals surface area contributed by atoms with Crippen molar-refractivity contribution in [2.75, 3.05) is 6.54 Å². The molecule has 2 nitrogen and oxygen atoms in total. The van der Waals surface area contributed by atoms with Gasteiger partial charge in [0, 0.05) is 12.6 Å². The van der Waals surface area contributed by atoms with E-state index in [2.05, 4.69) is 5.32 Å². The van der Waals surface area contributed by atoms with E-state index in [0.717, 1.165) is 25.7 Å². The lowest BCUT2D eigenvalue weighted by atomic mass is 10.1. The molecule has 1 unspecified atom stereocenters. The second kappa shape index (κ2) is 4.25. The van der Waals surface area contributed by atoms with Crippen molar-refractivity contribution in [3.8, 4) is 6.07 Å². The second-order valence-electron chi connectivity index (χ2n) is 4.83. The Labute approximate surface area is 92.8 Å². The van der Waals surface area contributed by atoms with Crippen LogP contribution in [0.15, 0.2) is 0 Å².